The highest BCUT2D eigenvalue weighted by Crippen LogP contribution is 2.25. The van der Waals surface area contributed by atoms with E-state index in [-0.39, 0.29) is 24.4 Å². The second-order valence-corrected chi connectivity index (χ2v) is 4.17. The van der Waals surface area contributed by atoms with Crippen LogP contribution in [0, 0.1) is 17.7 Å². The van der Waals surface area contributed by atoms with Crippen molar-refractivity contribution in [3.63, 3.8) is 0 Å². The van der Waals surface area contributed by atoms with Crippen LogP contribution < -0.4 is 5.73 Å². The summed E-state index contributed by atoms with van der Waals surface area (Å²) in [6.07, 6.45) is 0. The molecule has 0 heterocycles. The second-order valence-electron chi connectivity index (χ2n) is 4.17. The number of rotatable bonds is 4. The standard InChI is InChI=1S/C12H18FNO/c1-8(2)11(7-15)12(14)9-3-5-10(13)6-4-9/h3-6,8,11-12,15H,7,14H2,1-2H3. The van der Waals surface area contributed by atoms with Crippen LogP contribution in [0.1, 0.15) is 25.5 Å². The van der Waals surface area contributed by atoms with Gasteiger partial charge in [0.1, 0.15) is 5.82 Å². The number of benzene rings is 1. The largest absolute Gasteiger partial charge is 0.396 e. The van der Waals surface area contributed by atoms with E-state index in [1.54, 1.807) is 12.1 Å². The third-order valence-corrected chi connectivity index (χ3v) is 2.78. The molecule has 0 aliphatic heterocycles. The van der Waals surface area contributed by atoms with Gasteiger partial charge in [-0.15, -0.1) is 0 Å². The number of hydrogen-bond donors (Lipinski definition) is 2. The van der Waals surface area contributed by atoms with Crippen molar-refractivity contribution in [2.45, 2.75) is 19.9 Å². The van der Waals surface area contributed by atoms with Crippen molar-refractivity contribution in [1.82, 2.24) is 0 Å². The molecular formula is C12H18FNO. The number of halogens is 1. The number of aliphatic hydroxyl groups excluding tert-OH is 1. The van der Waals surface area contributed by atoms with E-state index in [2.05, 4.69) is 0 Å². The van der Waals surface area contributed by atoms with Crippen LogP contribution in [0.25, 0.3) is 0 Å². The molecule has 3 N–H and O–H groups in total. The lowest BCUT2D eigenvalue weighted by Gasteiger charge is -2.25. The highest BCUT2D eigenvalue weighted by molar-refractivity contribution is 5.20. The minimum Gasteiger partial charge on any atom is -0.396 e. The first-order valence-electron chi connectivity index (χ1n) is 5.18. The molecule has 84 valence electrons. The third-order valence-electron chi connectivity index (χ3n) is 2.78. The molecule has 0 aliphatic carbocycles. The van der Waals surface area contributed by atoms with Gasteiger partial charge < -0.3 is 10.8 Å². The first-order chi connectivity index (χ1) is 7.06. The van der Waals surface area contributed by atoms with Crippen LogP contribution >= 0.6 is 0 Å². The second kappa shape index (κ2) is 5.24. The lowest BCUT2D eigenvalue weighted by Crippen LogP contribution is -2.28. The molecule has 0 bridgehead atoms. The fourth-order valence-corrected chi connectivity index (χ4v) is 1.67. The Morgan fingerprint density at radius 3 is 2.20 bits per heavy atom. The van der Waals surface area contributed by atoms with Crippen LogP contribution in [-0.2, 0) is 0 Å². The molecule has 0 aromatic heterocycles. The lowest BCUT2D eigenvalue weighted by molar-refractivity contribution is 0.166. The van der Waals surface area contributed by atoms with Crippen molar-refractivity contribution in [3.8, 4) is 0 Å². The number of hydrogen-bond acceptors (Lipinski definition) is 2. The van der Waals surface area contributed by atoms with Gasteiger partial charge in [0.05, 0.1) is 0 Å². The molecule has 0 spiro atoms. The maximum absolute atomic E-state index is 12.7. The Bertz CT molecular complexity index is 297. The maximum Gasteiger partial charge on any atom is 0.123 e. The summed E-state index contributed by atoms with van der Waals surface area (Å²) < 4.78 is 12.7. The van der Waals surface area contributed by atoms with Gasteiger partial charge in [-0.2, -0.15) is 0 Å². The average molecular weight is 211 g/mol. The zero-order chi connectivity index (χ0) is 11.4. The minimum absolute atomic E-state index is 0.00969. The summed E-state index contributed by atoms with van der Waals surface area (Å²) in [4.78, 5) is 0. The fourth-order valence-electron chi connectivity index (χ4n) is 1.67. The molecule has 1 aromatic rings. The molecule has 0 saturated carbocycles. The molecule has 2 unspecified atom stereocenters. The van der Waals surface area contributed by atoms with E-state index in [4.69, 9.17) is 5.73 Å². The quantitative estimate of drug-likeness (QED) is 0.801. The molecule has 2 nitrogen and oxygen atoms in total. The number of nitrogens with two attached hydrogens (primary N) is 1. The fraction of sp³-hybridized carbons (Fsp3) is 0.500. The maximum atomic E-state index is 12.7. The van der Waals surface area contributed by atoms with Gasteiger partial charge in [-0.1, -0.05) is 26.0 Å². The zero-order valence-electron chi connectivity index (χ0n) is 9.15. The smallest absolute Gasteiger partial charge is 0.123 e. The Morgan fingerprint density at radius 2 is 1.80 bits per heavy atom. The van der Waals surface area contributed by atoms with Crippen LogP contribution in [0.4, 0.5) is 4.39 Å². The van der Waals surface area contributed by atoms with Gasteiger partial charge in [-0.3, -0.25) is 0 Å². The van der Waals surface area contributed by atoms with Gasteiger partial charge in [-0.25, -0.2) is 4.39 Å². The van der Waals surface area contributed by atoms with Gasteiger partial charge >= 0.3 is 0 Å². The van der Waals surface area contributed by atoms with Crippen LogP contribution in [0.2, 0.25) is 0 Å². The highest BCUT2D eigenvalue weighted by atomic mass is 19.1. The molecule has 0 fully saturated rings. The Kier molecular flexibility index (Phi) is 4.24. The van der Waals surface area contributed by atoms with E-state index in [0.29, 0.717) is 5.92 Å². The zero-order valence-corrected chi connectivity index (χ0v) is 9.15. The molecule has 1 aromatic carbocycles. The summed E-state index contributed by atoms with van der Waals surface area (Å²) in [6, 6.07) is 5.89. The molecular weight excluding hydrogens is 193 g/mol. The molecule has 15 heavy (non-hydrogen) atoms. The van der Waals surface area contributed by atoms with Crippen molar-refractivity contribution in [2.75, 3.05) is 6.61 Å². The van der Waals surface area contributed by atoms with Gasteiger partial charge in [0.25, 0.3) is 0 Å². The van der Waals surface area contributed by atoms with Gasteiger partial charge in [0, 0.05) is 18.6 Å². The van der Waals surface area contributed by atoms with Crippen molar-refractivity contribution in [3.05, 3.63) is 35.6 Å². The van der Waals surface area contributed by atoms with Crippen molar-refractivity contribution in [2.24, 2.45) is 17.6 Å². The van der Waals surface area contributed by atoms with Crippen LogP contribution in [-0.4, -0.2) is 11.7 Å². The molecule has 1 rings (SSSR count). The summed E-state index contributed by atoms with van der Waals surface area (Å²) in [7, 11) is 0. The van der Waals surface area contributed by atoms with Crippen LogP contribution in [0.5, 0.6) is 0 Å². The molecule has 0 saturated heterocycles. The Hall–Kier alpha value is -0.930. The third kappa shape index (κ3) is 3.01. The molecule has 3 heteroatoms. The van der Waals surface area contributed by atoms with E-state index in [0.717, 1.165) is 5.56 Å². The van der Waals surface area contributed by atoms with Crippen LogP contribution in [0.15, 0.2) is 24.3 Å². The Morgan fingerprint density at radius 1 is 1.27 bits per heavy atom. The Labute approximate surface area is 89.9 Å². The van der Waals surface area contributed by atoms with Gasteiger partial charge in [0.2, 0.25) is 0 Å². The van der Waals surface area contributed by atoms with Crippen molar-refractivity contribution >= 4 is 0 Å². The SMILES string of the molecule is CC(C)C(CO)C(N)c1ccc(F)cc1. The summed E-state index contributed by atoms with van der Waals surface area (Å²) in [6.45, 7) is 4.09. The highest BCUT2D eigenvalue weighted by Gasteiger charge is 2.21. The normalized spacial score (nSPS) is 15.3. The molecule has 0 radical (unpaired) electrons. The first-order valence-corrected chi connectivity index (χ1v) is 5.18. The van der Waals surface area contributed by atoms with E-state index >= 15 is 0 Å². The van der Waals surface area contributed by atoms with Crippen molar-refractivity contribution < 1.29 is 9.50 Å². The van der Waals surface area contributed by atoms with Crippen LogP contribution in [0.3, 0.4) is 0 Å². The summed E-state index contributed by atoms with van der Waals surface area (Å²) in [5, 5.41) is 9.23. The number of aliphatic hydroxyl groups is 1. The van der Waals surface area contributed by atoms with E-state index in [1.807, 2.05) is 13.8 Å². The van der Waals surface area contributed by atoms with E-state index in [9.17, 15) is 9.50 Å². The first kappa shape index (κ1) is 12.1. The summed E-state index contributed by atoms with van der Waals surface area (Å²) in [5.74, 6) is 0.0431. The molecule has 0 aliphatic rings. The predicted molar refractivity (Wildman–Crippen MR) is 58.7 cm³/mol. The predicted octanol–water partition coefficient (Wildman–Crippen LogP) is 2.09. The molecule has 2 atom stereocenters. The van der Waals surface area contributed by atoms with E-state index < -0.39 is 0 Å². The van der Waals surface area contributed by atoms with Gasteiger partial charge in [0.15, 0.2) is 0 Å². The summed E-state index contributed by atoms with van der Waals surface area (Å²) in [5.41, 5.74) is 6.88. The molecule has 0 amide bonds. The van der Waals surface area contributed by atoms with Crippen molar-refractivity contribution in [1.29, 1.82) is 0 Å². The average Bonchev–Trinajstić information content (AvgIpc) is 2.19. The van der Waals surface area contributed by atoms with E-state index in [1.165, 1.54) is 12.1 Å². The van der Waals surface area contributed by atoms with Gasteiger partial charge in [-0.05, 0) is 23.6 Å². The monoisotopic (exact) mass is 211 g/mol. The Balaban J connectivity index is 2.82. The summed E-state index contributed by atoms with van der Waals surface area (Å²) >= 11 is 0. The lowest BCUT2D eigenvalue weighted by atomic mass is 9.86. The minimum atomic E-state index is -0.268. The topological polar surface area (TPSA) is 46.2 Å².